The Morgan fingerprint density at radius 2 is 1.95 bits per heavy atom. The average Bonchev–Trinajstić information content (AvgIpc) is 2.86. The molecule has 0 radical (unpaired) electrons. The van der Waals surface area contributed by atoms with E-state index in [0.29, 0.717) is 41.7 Å². The third-order valence-corrected chi connectivity index (χ3v) is 4.30. The van der Waals surface area contributed by atoms with Gasteiger partial charge in [0.2, 0.25) is 0 Å². The van der Waals surface area contributed by atoms with Crippen molar-refractivity contribution in [1.29, 1.82) is 0 Å². The fraction of sp³-hybridized carbons (Fsp3) is 0.154. The summed E-state index contributed by atoms with van der Waals surface area (Å²) in [5.41, 5.74) is 7.46. The van der Waals surface area contributed by atoms with Gasteiger partial charge in [-0.1, -0.05) is 0 Å². The molecule has 2 aromatic rings. The van der Waals surface area contributed by atoms with E-state index < -0.39 is 0 Å². The molecule has 0 atom stereocenters. The zero-order valence-electron chi connectivity index (χ0n) is 10.3. The lowest BCUT2D eigenvalue weighted by atomic mass is 10.2. The van der Waals surface area contributed by atoms with E-state index in [9.17, 15) is 4.79 Å². The van der Waals surface area contributed by atoms with E-state index in [1.54, 1.807) is 23.6 Å². The van der Waals surface area contributed by atoms with Gasteiger partial charge in [-0.15, -0.1) is 11.3 Å². The van der Waals surface area contributed by atoms with Crippen LogP contribution in [0.5, 0.6) is 11.5 Å². The molecule has 2 heterocycles. The Bertz CT molecular complexity index is 672. The lowest BCUT2D eigenvalue weighted by molar-refractivity contribution is 0.102. The zero-order chi connectivity index (χ0) is 14.1. The van der Waals surface area contributed by atoms with Crippen LogP contribution in [0, 0.1) is 0 Å². The van der Waals surface area contributed by atoms with Gasteiger partial charge in [0.1, 0.15) is 13.2 Å². The van der Waals surface area contributed by atoms with Crippen LogP contribution in [0.4, 0.5) is 11.4 Å². The van der Waals surface area contributed by atoms with Gasteiger partial charge in [0.05, 0.1) is 20.7 Å². The maximum atomic E-state index is 12.1. The molecule has 5 nitrogen and oxygen atoms in total. The Kier molecular flexibility index (Phi) is 3.54. The smallest absolute Gasteiger partial charge is 0.256 e. The number of hydrogen-bond acceptors (Lipinski definition) is 5. The Hall–Kier alpha value is -1.73. The van der Waals surface area contributed by atoms with Crippen LogP contribution in [0.2, 0.25) is 0 Å². The largest absolute Gasteiger partial charge is 0.486 e. The van der Waals surface area contributed by atoms with Gasteiger partial charge in [0.15, 0.2) is 11.5 Å². The molecule has 1 aliphatic rings. The van der Waals surface area contributed by atoms with Crippen LogP contribution in [0.25, 0.3) is 0 Å². The third kappa shape index (κ3) is 2.59. The minimum atomic E-state index is -0.213. The van der Waals surface area contributed by atoms with Crippen LogP contribution in [-0.4, -0.2) is 19.1 Å². The number of rotatable bonds is 2. The van der Waals surface area contributed by atoms with Crippen LogP contribution in [0.1, 0.15) is 10.4 Å². The molecule has 1 aromatic carbocycles. The first kappa shape index (κ1) is 13.3. The summed E-state index contributed by atoms with van der Waals surface area (Å²) < 4.78 is 11.8. The number of ether oxygens (including phenoxy) is 2. The molecule has 0 bridgehead atoms. The molecule has 0 spiro atoms. The quantitative estimate of drug-likeness (QED) is 0.812. The highest BCUT2D eigenvalue weighted by molar-refractivity contribution is 9.11. The molecule has 1 amide bonds. The lowest BCUT2D eigenvalue weighted by Crippen LogP contribution is -2.17. The number of hydrogen-bond donors (Lipinski definition) is 2. The van der Waals surface area contributed by atoms with Crippen molar-refractivity contribution in [3.05, 3.63) is 32.9 Å². The molecule has 20 heavy (non-hydrogen) atoms. The van der Waals surface area contributed by atoms with Gasteiger partial charge in [-0.3, -0.25) is 4.79 Å². The predicted molar refractivity (Wildman–Crippen MR) is 81.8 cm³/mol. The summed E-state index contributed by atoms with van der Waals surface area (Å²) in [6, 6.07) is 5.10. The molecule has 0 saturated carbocycles. The molecule has 3 rings (SSSR count). The summed E-state index contributed by atoms with van der Waals surface area (Å²) in [4.78, 5) is 12.1. The molecule has 0 saturated heterocycles. The van der Waals surface area contributed by atoms with E-state index in [2.05, 4.69) is 21.2 Å². The molecular formula is C13H11BrN2O3S. The average molecular weight is 355 g/mol. The van der Waals surface area contributed by atoms with Crippen molar-refractivity contribution in [1.82, 2.24) is 0 Å². The topological polar surface area (TPSA) is 73.6 Å². The first-order valence-electron chi connectivity index (χ1n) is 5.88. The third-order valence-electron chi connectivity index (χ3n) is 2.79. The molecular weight excluding hydrogens is 344 g/mol. The summed E-state index contributed by atoms with van der Waals surface area (Å²) in [6.07, 6.45) is 0. The number of carbonyl (C=O) groups is 1. The molecule has 0 aliphatic carbocycles. The number of halogens is 1. The minimum absolute atomic E-state index is 0.213. The first-order chi connectivity index (χ1) is 9.63. The van der Waals surface area contributed by atoms with Crippen molar-refractivity contribution in [3.63, 3.8) is 0 Å². The van der Waals surface area contributed by atoms with Crippen molar-refractivity contribution in [2.24, 2.45) is 0 Å². The van der Waals surface area contributed by atoms with Crippen molar-refractivity contribution in [3.8, 4) is 11.5 Å². The SMILES string of the molecule is Nc1cc2c(cc1NC(=O)c1csc(Br)c1)OCCO2. The Morgan fingerprint density at radius 3 is 2.60 bits per heavy atom. The van der Waals surface area contributed by atoms with Crippen LogP contribution < -0.4 is 20.5 Å². The Labute approximate surface area is 127 Å². The van der Waals surface area contributed by atoms with Gasteiger partial charge >= 0.3 is 0 Å². The van der Waals surface area contributed by atoms with Crippen molar-refractivity contribution in [2.45, 2.75) is 0 Å². The van der Waals surface area contributed by atoms with Gasteiger partial charge in [-0.2, -0.15) is 0 Å². The number of nitrogens with two attached hydrogens (primary N) is 1. The Morgan fingerprint density at radius 1 is 1.25 bits per heavy atom. The second-order valence-electron chi connectivity index (χ2n) is 4.18. The highest BCUT2D eigenvalue weighted by atomic mass is 79.9. The van der Waals surface area contributed by atoms with Crippen LogP contribution in [0.15, 0.2) is 27.4 Å². The van der Waals surface area contributed by atoms with Gasteiger partial charge in [0.25, 0.3) is 5.91 Å². The lowest BCUT2D eigenvalue weighted by Gasteiger charge is -2.20. The summed E-state index contributed by atoms with van der Waals surface area (Å²) in [7, 11) is 0. The number of benzene rings is 1. The van der Waals surface area contributed by atoms with E-state index in [4.69, 9.17) is 15.2 Å². The molecule has 0 unspecified atom stereocenters. The van der Waals surface area contributed by atoms with Crippen LogP contribution in [-0.2, 0) is 0 Å². The maximum absolute atomic E-state index is 12.1. The van der Waals surface area contributed by atoms with Crippen LogP contribution >= 0.6 is 27.3 Å². The molecule has 0 fully saturated rings. The minimum Gasteiger partial charge on any atom is -0.486 e. The number of fused-ring (bicyclic) bond motifs is 1. The van der Waals surface area contributed by atoms with Crippen molar-refractivity contribution in [2.75, 3.05) is 24.3 Å². The van der Waals surface area contributed by atoms with Gasteiger partial charge in [-0.05, 0) is 22.0 Å². The summed E-state index contributed by atoms with van der Waals surface area (Å²) in [5.74, 6) is 0.979. The standard InChI is InChI=1S/C13H11BrN2O3S/c14-12-3-7(6-20-12)13(17)16-9-5-11-10(4-8(9)15)18-1-2-19-11/h3-6H,1-2,15H2,(H,16,17). The normalized spacial score (nSPS) is 13.1. The second-order valence-corrected chi connectivity index (χ2v) is 6.47. The highest BCUT2D eigenvalue weighted by Gasteiger charge is 2.16. The number of anilines is 2. The number of nitrogens with one attached hydrogen (secondary N) is 1. The van der Waals surface area contributed by atoms with E-state index >= 15 is 0 Å². The second kappa shape index (κ2) is 5.34. The summed E-state index contributed by atoms with van der Waals surface area (Å²) in [6.45, 7) is 0.989. The molecule has 7 heteroatoms. The van der Waals surface area contributed by atoms with Crippen LogP contribution in [0.3, 0.4) is 0 Å². The number of nitrogen functional groups attached to an aromatic ring is 1. The molecule has 3 N–H and O–H groups in total. The van der Waals surface area contributed by atoms with Crippen molar-refractivity contribution >= 4 is 44.5 Å². The van der Waals surface area contributed by atoms with Gasteiger partial charge < -0.3 is 20.5 Å². The van der Waals surface area contributed by atoms with E-state index in [0.717, 1.165) is 3.79 Å². The van der Waals surface area contributed by atoms with E-state index in [1.807, 2.05) is 0 Å². The summed E-state index contributed by atoms with van der Waals surface area (Å²) >= 11 is 4.78. The monoisotopic (exact) mass is 354 g/mol. The van der Waals surface area contributed by atoms with Gasteiger partial charge in [0, 0.05) is 17.5 Å². The highest BCUT2D eigenvalue weighted by Crippen LogP contribution is 2.37. The zero-order valence-corrected chi connectivity index (χ0v) is 12.7. The number of carbonyl (C=O) groups excluding carboxylic acids is 1. The Balaban J connectivity index is 1.85. The molecule has 104 valence electrons. The fourth-order valence-corrected chi connectivity index (χ4v) is 2.97. The van der Waals surface area contributed by atoms with E-state index in [-0.39, 0.29) is 5.91 Å². The number of amides is 1. The van der Waals surface area contributed by atoms with Gasteiger partial charge in [-0.25, -0.2) is 0 Å². The fourth-order valence-electron chi connectivity index (χ4n) is 1.84. The maximum Gasteiger partial charge on any atom is 0.256 e. The first-order valence-corrected chi connectivity index (χ1v) is 7.55. The molecule has 1 aromatic heterocycles. The van der Waals surface area contributed by atoms with Crippen molar-refractivity contribution < 1.29 is 14.3 Å². The van der Waals surface area contributed by atoms with E-state index in [1.165, 1.54) is 11.3 Å². The molecule has 1 aliphatic heterocycles. The summed E-state index contributed by atoms with van der Waals surface area (Å²) in [5, 5.41) is 4.55. The predicted octanol–water partition coefficient (Wildman–Crippen LogP) is 3.12. The number of thiophene rings is 1.